The fourth-order valence-corrected chi connectivity index (χ4v) is 1.60. The molecule has 0 atom stereocenters. The standard InChI is InChI=1S/C11H26N2O4/c1-17-11-7-13(6-10-16)3-2-12(4-8-14)5-9-15/h14-16H,2-11H2,1H3. The normalized spacial score (nSPS) is 11.6. The van der Waals surface area contributed by atoms with Crippen LogP contribution in [0.15, 0.2) is 0 Å². The second-order valence-corrected chi connectivity index (χ2v) is 3.85. The predicted octanol–water partition coefficient (Wildman–Crippen LogP) is -1.79. The highest BCUT2D eigenvalue weighted by atomic mass is 16.5. The zero-order valence-corrected chi connectivity index (χ0v) is 10.7. The van der Waals surface area contributed by atoms with Gasteiger partial charge in [0.15, 0.2) is 0 Å². The molecule has 6 nitrogen and oxygen atoms in total. The van der Waals surface area contributed by atoms with Crippen LogP contribution in [0.3, 0.4) is 0 Å². The second kappa shape index (κ2) is 12.2. The number of aliphatic hydroxyl groups excluding tert-OH is 3. The van der Waals surface area contributed by atoms with Crippen molar-refractivity contribution in [2.75, 3.05) is 72.8 Å². The Morgan fingerprint density at radius 2 is 1.12 bits per heavy atom. The van der Waals surface area contributed by atoms with E-state index in [2.05, 4.69) is 4.90 Å². The fourth-order valence-electron chi connectivity index (χ4n) is 1.60. The molecule has 0 saturated heterocycles. The number of hydrogen-bond donors (Lipinski definition) is 3. The molecule has 0 aliphatic carbocycles. The molecule has 0 spiro atoms. The van der Waals surface area contributed by atoms with E-state index in [9.17, 15) is 0 Å². The maximum absolute atomic E-state index is 8.93. The van der Waals surface area contributed by atoms with Crippen molar-refractivity contribution in [3.05, 3.63) is 0 Å². The van der Waals surface area contributed by atoms with Crippen molar-refractivity contribution < 1.29 is 20.1 Å². The summed E-state index contributed by atoms with van der Waals surface area (Å²) in [6.45, 7) is 5.06. The molecule has 0 fully saturated rings. The minimum Gasteiger partial charge on any atom is -0.395 e. The molecule has 0 aromatic heterocycles. The van der Waals surface area contributed by atoms with Gasteiger partial charge in [0.05, 0.1) is 26.4 Å². The van der Waals surface area contributed by atoms with Crippen LogP contribution >= 0.6 is 0 Å². The summed E-state index contributed by atoms with van der Waals surface area (Å²) in [6.07, 6.45) is 0. The predicted molar refractivity (Wildman–Crippen MR) is 66.0 cm³/mol. The van der Waals surface area contributed by atoms with Gasteiger partial charge < -0.3 is 20.1 Å². The number of ether oxygens (including phenoxy) is 1. The summed E-state index contributed by atoms with van der Waals surface area (Å²) in [5.74, 6) is 0. The summed E-state index contributed by atoms with van der Waals surface area (Å²) in [4.78, 5) is 4.10. The monoisotopic (exact) mass is 250 g/mol. The lowest BCUT2D eigenvalue weighted by Crippen LogP contribution is -2.40. The quantitative estimate of drug-likeness (QED) is 0.380. The van der Waals surface area contributed by atoms with Gasteiger partial charge in [0.1, 0.15) is 0 Å². The van der Waals surface area contributed by atoms with Gasteiger partial charge in [-0.05, 0) is 0 Å². The summed E-state index contributed by atoms with van der Waals surface area (Å²) in [5, 5.41) is 26.7. The summed E-state index contributed by atoms with van der Waals surface area (Å²) in [5.41, 5.74) is 0. The topological polar surface area (TPSA) is 76.4 Å². The Labute approximate surface area is 103 Å². The lowest BCUT2D eigenvalue weighted by Gasteiger charge is -2.26. The van der Waals surface area contributed by atoms with Gasteiger partial charge in [0.25, 0.3) is 0 Å². The Hall–Kier alpha value is -0.240. The molecule has 6 heteroatoms. The third-order valence-electron chi connectivity index (χ3n) is 2.59. The van der Waals surface area contributed by atoms with Crippen LogP contribution in [0, 0.1) is 0 Å². The van der Waals surface area contributed by atoms with E-state index in [0.717, 1.165) is 19.6 Å². The largest absolute Gasteiger partial charge is 0.395 e. The van der Waals surface area contributed by atoms with Crippen LogP contribution in [0.25, 0.3) is 0 Å². The third kappa shape index (κ3) is 9.46. The summed E-state index contributed by atoms with van der Waals surface area (Å²) < 4.78 is 5.00. The first-order chi connectivity index (χ1) is 8.28. The highest BCUT2D eigenvalue weighted by Crippen LogP contribution is 1.92. The van der Waals surface area contributed by atoms with Crippen molar-refractivity contribution in [3.8, 4) is 0 Å². The first kappa shape index (κ1) is 16.8. The maximum Gasteiger partial charge on any atom is 0.0589 e. The molecule has 0 unspecified atom stereocenters. The van der Waals surface area contributed by atoms with E-state index in [1.807, 2.05) is 4.90 Å². The third-order valence-corrected chi connectivity index (χ3v) is 2.59. The van der Waals surface area contributed by atoms with Crippen molar-refractivity contribution in [1.82, 2.24) is 9.80 Å². The zero-order chi connectivity index (χ0) is 12.9. The van der Waals surface area contributed by atoms with Gasteiger partial charge in [-0.2, -0.15) is 0 Å². The van der Waals surface area contributed by atoms with E-state index < -0.39 is 0 Å². The van der Waals surface area contributed by atoms with Crippen LogP contribution < -0.4 is 0 Å². The van der Waals surface area contributed by atoms with Gasteiger partial charge in [0.2, 0.25) is 0 Å². The molecular formula is C11H26N2O4. The Bertz CT molecular complexity index is 154. The van der Waals surface area contributed by atoms with E-state index in [1.165, 1.54) is 0 Å². The van der Waals surface area contributed by atoms with Crippen LogP contribution in [0.1, 0.15) is 0 Å². The van der Waals surface area contributed by atoms with Crippen molar-refractivity contribution in [1.29, 1.82) is 0 Å². The lowest BCUT2D eigenvalue weighted by atomic mass is 10.4. The minimum absolute atomic E-state index is 0.0953. The molecule has 0 aromatic rings. The highest BCUT2D eigenvalue weighted by molar-refractivity contribution is 4.63. The van der Waals surface area contributed by atoms with Crippen molar-refractivity contribution >= 4 is 0 Å². The van der Waals surface area contributed by atoms with Crippen molar-refractivity contribution in [2.45, 2.75) is 0 Å². The van der Waals surface area contributed by atoms with E-state index in [4.69, 9.17) is 20.1 Å². The molecule has 0 radical (unpaired) electrons. The molecule has 0 bridgehead atoms. The number of aliphatic hydroxyl groups is 3. The molecule has 0 aliphatic rings. The average Bonchev–Trinajstić information content (AvgIpc) is 2.33. The van der Waals surface area contributed by atoms with Crippen LogP contribution in [-0.2, 0) is 4.74 Å². The van der Waals surface area contributed by atoms with Gasteiger partial charge in [-0.1, -0.05) is 0 Å². The van der Waals surface area contributed by atoms with E-state index in [-0.39, 0.29) is 19.8 Å². The van der Waals surface area contributed by atoms with E-state index in [1.54, 1.807) is 7.11 Å². The molecule has 0 aromatic carbocycles. The van der Waals surface area contributed by atoms with Gasteiger partial charge >= 0.3 is 0 Å². The highest BCUT2D eigenvalue weighted by Gasteiger charge is 2.08. The molecule has 0 saturated carbocycles. The van der Waals surface area contributed by atoms with Gasteiger partial charge in [0, 0.05) is 46.4 Å². The maximum atomic E-state index is 8.93. The number of nitrogens with zero attached hydrogens (tertiary/aromatic N) is 2. The van der Waals surface area contributed by atoms with Crippen LogP contribution in [-0.4, -0.2) is 97.9 Å². The molecule has 0 amide bonds. The van der Waals surface area contributed by atoms with Gasteiger partial charge in [-0.3, -0.25) is 9.80 Å². The smallest absolute Gasteiger partial charge is 0.0589 e. The van der Waals surface area contributed by atoms with Crippen molar-refractivity contribution in [3.63, 3.8) is 0 Å². The average molecular weight is 250 g/mol. The SMILES string of the molecule is COCCN(CCO)CCN(CCO)CCO. The number of methoxy groups -OCH3 is 1. The lowest BCUT2D eigenvalue weighted by molar-refractivity contribution is 0.108. The van der Waals surface area contributed by atoms with Crippen LogP contribution in [0.2, 0.25) is 0 Å². The fraction of sp³-hybridized carbons (Fsp3) is 1.00. The van der Waals surface area contributed by atoms with E-state index >= 15 is 0 Å². The van der Waals surface area contributed by atoms with Crippen LogP contribution in [0.5, 0.6) is 0 Å². The summed E-state index contributed by atoms with van der Waals surface area (Å²) in [6, 6.07) is 0. The number of rotatable bonds is 12. The first-order valence-electron chi connectivity index (χ1n) is 6.04. The summed E-state index contributed by atoms with van der Waals surface area (Å²) in [7, 11) is 1.65. The first-order valence-corrected chi connectivity index (χ1v) is 6.04. The molecule has 104 valence electrons. The van der Waals surface area contributed by atoms with Crippen LogP contribution in [0.4, 0.5) is 0 Å². The molecule has 0 rings (SSSR count). The van der Waals surface area contributed by atoms with E-state index in [0.29, 0.717) is 26.2 Å². The molecular weight excluding hydrogens is 224 g/mol. The minimum atomic E-state index is 0.0953. The second-order valence-electron chi connectivity index (χ2n) is 3.85. The Morgan fingerprint density at radius 3 is 1.47 bits per heavy atom. The van der Waals surface area contributed by atoms with Crippen molar-refractivity contribution in [2.24, 2.45) is 0 Å². The Kier molecular flexibility index (Phi) is 12.1. The Balaban J connectivity index is 3.87. The van der Waals surface area contributed by atoms with Gasteiger partial charge in [-0.25, -0.2) is 0 Å². The zero-order valence-electron chi connectivity index (χ0n) is 10.7. The Morgan fingerprint density at radius 1 is 0.706 bits per heavy atom. The molecule has 0 aliphatic heterocycles. The molecule has 17 heavy (non-hydrogen) atoms. The number of hydrogen-bond acceptors (Lipinski definition) is 6. The van der Waals surface area contributed by atoms with Gasteiger partial charge in [-0.15, -0.1) is 0 Å². The molecule has 3 N–H and O–H groups in total. The summed E-state index contributed by atoms with van der Waals surface area (Å²) >= 11 is 0. The molecule has 0 heterocycles.